The third kappa shape index (κ3) is 1.75. The second-order valence-corrected chi connectivity index (χ2v) is 3.66. The van der Waals surface area contributed by atoms with Crippen molar-refractivity contribution in [2.24, 2.45) is 0 Å². The Morgan fingerprint density at radius 1 is 1.18 bits per heavy atom. The molecule has 2 heterocycles. The summed E-state index contributed by atoms with van der Waals surface area (Å²) in [5.41, 5.74) is 1.01. The molecule has 5 nitrogen and oxygen atoms in total. The highest BCUT2D eigenvalue weighted by Gasteiger charge is 2.16. The molecule has 5 heteroatoms. The Labute approximate surface area is 97.4 Å². The van der Waals surface area contributed by atoms with Crippen molar-refractivity contribution >= 4 is 5.78 Å². The van der Waals surface area contributed by atoms with E-state index in [-0.39, 0.29) is 5.78 Å². The molecule has 1 N–H and O–H groups in total. The van der Waals surface area contributed by atoms with Crippen molar-refractivity contribution in [1.29, 1.82) is 0 Å². The molecule has 0 unspecified atom stereocenters. The van der Waals surface area contributed by atoms with Gasteiger partial charge in [-0.05, 0) is 24.3 Å². The number of H-pyrrole nitrogens is 1. The molecular weight excluding hydrogens is 220 g/mol. The topological polar surface area (TPSA) is 64.2 Å². The van der Waals surface area contributed by atoms with Gasteiger partial charge in [-0.25, -0.2) is 0 Å². The Morgan fingerprint density at radius 3 is 2.76 bits per heavy atom. The molecule has 0 atom stereocenters. The van der Waals surface area contributed by atoms with Crippen LogP contribution >= 0.6 is 0 Å². The van der Waals surface area contributed by atoms with E-state index < -0.39 is 0 Å². The zero-order valence-electron chi connectivity index (χ0n) is 8.97. The van der Waals surface area contributed by atoms with Crippen molar-refractivity contribution in [2.75, 3.05) is 13.2 Å². The second-order valence-electron chi connectivity index (χ2n) is 3.66. The van der Waals surface area contributed by atoms with Crippen LogP contribution in [0, 0.1) is 0 Å². The lowest BCUT2D eigenvalue weighted by Gasteiger charge is -2.18. The van der Waals surface area contributed by atoms with Crippen molar-refractivity contribution in [3.05, 3.63) is 41.7 Å². The normalized spacial score (nSPS) is 13.4. The number of nitrogens with zero attached hydrogens (tertiary/aromatic N) is 1. The standard InChI is InChI=1S/C12H10N2O3/c15-12(9-3-4-13-14-9)8-1-2-10-11(7-8)17-6-5-16-10/h1-4,7H,5-6H2,(H,13,14). The minimum absolute atomic E-state index is 0.112. The summed E-state index contributed by atoms with van der Waals surface area (Å²) in [6.07, 6.45) is 1.55. The van der Waals surface area contributed by atoms with Gasteiger partial charge in [0.2, 0.25) is 5.78 Å². The molecule has 0 saturated heterocycles. The van der Waals surface area contributed by atoms with Crippen molar-refractivity contribution < 1.29 is 14.3 Å². The first-order valence-electron chi connectivity index (χ1n) is 5.28. The first-order chi connectivity index (χ1) is 8.34. The van der Waals surface area contributed by atoms with E-state index in [1.54, 1.807) is 30.5 Å². The Morgan fingerprint density at radius 2 is 2.00 bits per heavy atom. The van der Waals surface area contributed by atoms with E-state index in [1.807, 2.05) is 0 Å². The molecule has 1 aromatic heterocycles. The molecule has 0 saturated carbocycles. The quantitative estimate of drug-likeness (QED) is 0.792. The molecule has 3 rings (SSSR count). The average molecular weight is 230 g/mol. The van der Waals surface area contributed by atoms with Crippen molar-refractivity contribution in [3.63, 3.8) is 0 Å². The maximum absolute atomic E-state index is 12.0. The van der Waals surface area contributed by atoms with Crippen LogP contribution < -0.4 is 9.47 Å². The summed E-state index contributed by atoms with van der Waals surface area (Å²) in [6, 6.07) is 6.80. The number of carbonyl (C=O) groups excluding carboxylic acids is 1. The fraction of sp³-hybridized carbons (Fsp3) is 0.167. The van der Waals surface area contributed by atoms with Gasteiger partial charge in [-0.3, -0.25) is 9.89 Å². The molecule has 0 spiro atoms. The molecule has 0 aliphatic carbocycles. The Hall–Kier alpha value is -2.30. The monoisotopic (exact) mass is 230 g/mol. The average Bonchev–Trinajstić information content (AvgIpc) is 2.91. The van der Waals surface area contributed by atoms with E-state index in [9.17, 15) is 4.79 Å². The van der Waals surface area contributed by atoms with Crippen LogP contribution in [-0.4, -0.2) is 29.2 Å². The molecule has 0 radical (unpaired) electrons. The predicted molar refractivity (Wildman–Crippen MR) is 59.5 cm³/mol. The van der Waals surface area contributed by atoms with Gasteiger partial charge in [0.05, 0.1) is 0 Å². The van der Waals surface area contributed by atoms with Crippen LogP contribution in [-0.2, 0) is 0 Å². The van der Waals surface area contributed by atoms with Crippen LogP contribution in [0.15, 0.2) is 30.5 Å². The molecular formula is C12H10N2O3. The first-order valence-corrected chi connectivity index (χ1v) is 5.28. The Bertz CT molecular complexity index is 549. The largest absolute Gasteiger partial charge is 0.486 e. The van der Waals surface area contributed by atoms with Crippen LogP contribution in [0.1, 0.15) is 16.1 Å². The summed E-state index contributed by atoms with van der Waals surface area (Å²) in [5.74, 6) is 1.18. The molecule has 0 fully saturated rings. The molecule has 0 bridgehead atoms. The Kier molecular flexibility index (Phi) is 2.29. The highest BCUT2D eigenvalue weighted by Crippen LogP contribution is 2.31. The first kappa shape index (κ1) is 9.89. The summed E-state index contributed by atoms with van der Waals surface area (Å²) in [4.78, 5) is 12.0. The number of carbonyl (C=O) groups is 1. The molecule has 0 amide bonds. The van der Waals surface area contributed by atoms with Crippen molar-refractivity contribution in [3.8, 4) is 11.5 Å². The maximum atomic E-state index is 12.0. The van der Waals surface area contributed by atoms with Crippen LogP contribution in [0.25, 0.3) is 0 Å². The van der Waals surface area contributed by atoms with Crippen LogP contribution in [0.4, 0.5) is 0 Å². The number of aromatic amines is 1. The van der Waals surface area contributed by atoms with E-state index in [0.717, 1.165) is 0 Å². The summed E-state index contributed by atoms with van der Waals surface area (Å²) >= 11 is 0. The number of aromatic nitrogens is 2. The Balaban J connectivity index is 1.96. The van der Waals surface area contributed by atoms with Crippen molar-refractivity contribution in [1.82, 2.24) is 10.2 Å². The van der Waals surface area contributed by atoms with E-state index in [0.29, 0.717) is 36.0 Å². The predicted octanol–water partition coefficient (Wildman–Crippen LogP) is 1.41. The van der Waals surface area contributed by atoms with Gasteiger partial charge in [0.25, 0.3) is 0 Å². The number of hydrogen-bond donors (Lipinski definition) is 1. The fourth-order valence-electron chi connectivity index (χ4n) is 1.72. The van der Waals surface area contributed by atoms with Gasteiger partial charge >= 0.3 is 0 Å². The second kappa shape index (κ2) is 3.93. The fourth-order valence-corrected chi connectivity index (χ4v) is 1.72. The number of ketones is 1. The van der Waals surface area contributed by atoms with E-state index in [1.165, 1.54) is 0 Å². The SMILES string of the molecule is O=C(c1ccc2c(c1)OCCO2)c1ccn[nH]1. The van der Waals surface area contributed by atoms with E-state index >= 15 is 0 Å². The number of benzene rings is 1. The lowest BCUT2D eigenvalue weighted by atomic mass is 10.1. The third-order valence-electron chi connectivity index (χ3n) is 2.55. The number of fused-ring (bicyclic) bond motifs is 1. The minimum Gasteiger partial charge on any atom is -0.486 e. The van der Waals surface area contributed by atoms with Gasteiger partial charge in [0.15, 0.2) is 11.5 Å². The maximum Gasteiger partial charge on any atom is 0.210 e. The molecule has 1 aliphatic rings. The smallest absolute Gasteiger partial charge is 0.210 e. The molecule has 86 valence electrons. The van der Waals surface area contributed by atoms with Crippen molar-refractivity contribution in [2.45, 2.75) is 0 Å². The molecule has 1 aromatic carbocycles. The minimum atomic E-state index is -0.112. The van der Waals surface area contributed by atoms with Crippen LogP contribution in [0.2, 0.25) is 0 Å². The molecule has 2 aromatic rings. The zero-order chi connectivity index (χ0) is 11.7. The summed E-state index contributed by atoms with van der Waals surface area (Å²) < 4.78 is 10.8. The van der Waals surface area contributed by atoms with Gasteiger partial charge in [-0.15, -0.1) is 0 Å². The lowest BCUT2D eigenvalue weighted by molar-refractivity contribution is 0.103. The van der Waals surface area contributed by atoms with E-state index in [2.05, 4.69) is 10.2 Å². The van der Waals surface area contributed by atoms with E-state index in [4.69, 9.17) is 9.47 Å². The van der Waals surface area contributed by atoms with Gasteiger partial charge in [-0.2, -0.15) is 5.10 Å². The van der Waals surface area contributed by atoms with Gasteiger partial charge in [-0.1, -0.05) is 0 Å². The van der Waals surface area contributed by atoms with Gasteiger partial charge < -0.3 is 9.47 Å². The van der Waals surface area contributed by atoms with Crippen LogP contribution in [0.5, 0.6) is 11.5 Å². The number of nitrogens with one attached hydrogen (secondary N) is 1. The lowest BCUT2D eigenvalue weighted by Crippen LogP contribution is -2.16. The molecule has 17 heavy (non-hydrogen) atoms. The number of ether oxygens (including phenoxy) is 2. The highest BCUT2D eigenvalue weighted by molar-refractivity contribution is 6.07. The summed E-state index contributed by atoms with van der Waals surface area (Å²) in [7, 11) is 0. The van der Waals surface area contributed by atoms with Gasteiger partial charge in [0, 0.05) is 11.8 Å². The number of hydrogen-bond acceptors (Lipinski definition) is 4. The highest BCUT2D eigenvalue weighted by atomic mass is 16.6. The number of rotatable bonds is 2. The summed E-state index contributed by atoms with van der Waals surface area (Å²) in [5, 5.41) is 6.40. The summed E-state index contributed by atoms with van der Waals surface area (Å²) in [6.45, 7) is 1.05. The zero-order valence-corrected chi connectivity index (χ0v) is 8.97. The molecule has 1 aliphatic heterocycles. The van der Waals surface area contributed by atoms with Crippen LogP contribution in [0.3, 0.4) is 0 Å². The van der Waals surface area contributed by atoms with Gasteiger partial charge in [0.1, 0.15) is 18.9 Å². The third-order valence-corrected chi connectivity index (χ3v) is 2.55.